The van der Waals surface area contributed by atoms with Crippen molar-refractivity contribution in [2.24, 2.45) is 0 Å². The third-order valence-electron chi connectivity index (χ3n) is 1.64. The summed E-state index contributed by atoms with van der Waals surface area (Å²) in [5.74, 6) is -1.28. The molecule has 0 heterocycles. The summed E-state index contributed by atoms with van der Waals surface area (Å²) in [6, 6.07) is -1.04. The molecule has 4 N–H and O–H groups in total. The molecule has 0 aromatic carbocycles. The molecular formula is C9H17N3O4. The number of urea groups is 1. The smallest absolute Gasteiger partial charge is 0.315 e. The molecule has 92 valence electrons. The molecule has 0 saturated heterocycles. The lowest BCUT2D eigenvalue weighted by Crippen LogP contribution is -2.45. The Morgan fingerprint density at radius 3 is 2.38 bits per heavy atom. The number of carboxylic acid groups (broad SMARTS) is 1. The second kappa shape index (κ2) is 7.49. The number of likely N-dealkylation sites (N-methyl/N-ethyl adjacent to an activating group) is 1. The van der Waals surface area contributed by atoms with Crippen molar-refractivity contribution < 1.29 is 19.5 Å². The maximum Gasteiger partial charge on any atom is 0.315 e. The number of hydrogen-bond donors (Lipinski definition) is 4. The molecule has 0 rings (SSSR count). The van der Waals surface area contributed by atoms with E-state index in [4.69, 9.17) is 5.11 Å². The van der Waals surface area contributed by atoms with Gasteiger partial charge in [-0.3, -0.25) is 9.59 Å². The molecule has 7 heteroatoms. The van der Waals surface area contributed by atoms with Crippen molar-refractivity contribution >= 4 is 17.9 Å². The topological polar surface area (TPSA) is 108 Å². The van der Waals surface area contributed by atoms with Gasteiger partial charge < -0.3 is 21.1 Å². The monoisotopic (exact) mass is 231 g/mol. The highest BCUT2D eigenvalue weighted by Gasteiger charge is 2.11. The molecule has 3 amide bonds. The minimum Gasteiger partial charge on any atom is -0.481 e. The van der Waals surface area contributed by atoms with Gasteiger partial charge in [0.2, 0.25) is 5.91 Å². The zero-order valence-electron chi connectivity index (χ0n) is 9.37. The van der Waals surface area contributed by atoms with Crippen LogP contribution in [0.5, 0.6) is 0 Å². The number of nitrogens with one attached hydrogen (secondary N) is 3. The van der Waals surface area contributed by atoms with E-state index >= 15 is 0 Å². The lowest BCUT2D eigenvalue weighted by Gasteiger charge is -2.12. The Bertz CT molecular complexity index is 267. The van der Waals surface area contributed by atoms with E-state index in [-0.39, 0.29) is 18.9 Å². The largest absolute Gasteiger partial charge is 0.481 e. The summed E-state index contributed by atoms with van der Waals surface area (Å²) in [6.45, 7) is 3.71. The molecule has 0 aliphatic carbocycles. The standard InChI is InChI=1S/C9H17N3O4/c1-3-10-7(13)5-11-9(16)12-6(2)4-8(14)15/h6H,3-5H2,1-2H3,(H,10,13)(H,14,15)(H2,11,12,16). The maximum atomic E-state index is 11.1. The quantitative estimate of drug-likeness (QED) is 0.484. The van der Waals surface area contributed by atoms with Crippen LogP contribution in [0.25, 0.3) is 0 Å². The Morgan fingerprint density at radius 2 is 1.88 bits per heavy atom. The zero-order valence-corrected chi connectivity index (χ0v) is 9.37. The maximum absolute atomic E-state index is 11.1. The number of carboxylic acids is 1. The van der Waals surface area contributed by atoms with Gasteiger partial charge in [-0.15, -0.1) is 0 Å². The van der Waals surface area contributed by atoms with E-state index in [1.165, 1.54) is 0 Å². The van der Waals surface area contributed by atoms with E-state index < -0.39 is 18.0 Å². The predicted octanol–water partition coefficient (Wildman–Crippen LogP) is -0.715. The fourth-order valence-electron chi connectivity index (χ4n) is 1.01. The van der Waals surface area contributed by atoms with Gasteiger partial charge in [0.15, 0.2) is 0 Å². The van der Waals surface area contributed by atoms with E-state index in [9.17, 15) is 14.4 Å². The fourth-order valence-corrected chi connectivity index (χ4v) is 1.01. The number of rotatable bonds is 6. The number of hydrogen-bond acceptors (Lipinski definition) is 3. The van der Waals surface area contributed by atoms with Crippen molar-refractivity contribution in [3.8, 4) is 0 Å². The first-order chi connectivity index (χ1) is 7.45. The van der Waals surface area contributed by atoms with Crippen LogP contribution in [-0.4, -0.2) is 42.1 Å². The van der Waals surface area contributed by atoms with Crippen LogP contribution in [0.15, 0.2) is 0 Å². The van der Waals surface area contributed by atoms with E-state index in [2.05, 4.69) is 16.0 Å². The van der Waals surface area contributed by atoms with E-state index in [1.807, 2.05) is 0 Å². The minimum absolute atomic E-state index is 0.126. The average molecular weight is 231 g/mol. The molecule has 0 aromatic rings. The van der Waals surface area contributed by atoms with Gasteiger partial charge >= 0.3 is 12.0 Å². The molecule has 16 heavy (non-hydrogen) atoms. The number of carbonyl (C=O) groups excluding carboxylic acids is 2. The van der Waals surface area contributed by atoms with Gasteiger partial charge in [-0.2, -0.15) is 0 Å². The summed E-state index contributed by atoms with van der Waals surface area (Å²) < 4.78 is 0. The van der Waals surface area contributed by atoms with Gasteiger partial charge in [0.05, 0.1) is 13.0 Å². The van der Waals surface area contributed by atoms with Crippen LogP contribution in [0.2, 0.25) is 0 Å². The van der Waals surface area contributed by atoms with Crippen molar-refractivity contribution in [1.29, 1.82) is 0 Å². The van der Waals surface area contributed by atoms with E-state index in [1.54, 1.807) is 13.8 Å². The van der Waals surface area contributed by atoms with Gasteiger partial charge in [0.1, 0.15) is 0 Å². The summed E-state index contributed by atoms with van der Waals surface area (Å²) in [6.07, 6.45) is -0.158. The van der Waals surface area contributed by atoms with Crippen LogP contribution in [0.3, 0.4) is 0 Å². The summed E-state index contributed by atoms with van der Waals surface area (Å²) in [5, 5.41) is 15.7. The predicted molar refractivity (Wildman–Crippen MR) is 56.9 cm³/mol. The van der Waals surface area contributed by atoms with Crippen LogP contribution in [0.4, 0.5) is 4.79 Å². The molecule has 0 radical (unpaired) electrons. The zero-order chi connectivity index (χ0) is 12.6. The van der Waals surface area contributed by atoms with E-state index in [0.717, 1.165) is 0 Å². The van der Waals surface area contributed by atoms with Crippen molar-refractivity contribution in [1.82, 2.24) is 16.0 Å². The minimum atomic E-state index is -0.989. The number of carbonyl (C=O) groups is 3. The molecule has 1 unspecified atom stereocenters. The second-order valence-corrected chi connectivity index (χ2v) is 3.28. The third kappa shape index (κ3) is 7.60. The van der Waals surface area contributed by atoms with Crippen LogP contribution in [-0.2, 0) is 9.59 Å². The Kier molecular flexibility index (Phi) is 6.66. The van der Waals surface area contributed by atoms with Crippen molar-refractivity contribution in [3.05, 3.63) is 0 Å². The lowest BCUT2D eigenvalue weighted by atomic mass is 10.2. The molecule has 0 spiro atoms. The molecule has 0 aromatic heterocycles. The number of aliphatic carboxylic acids is 1. The Hall–Kier alpha value is -1.79. The molecule has 0 aliphatic rings. The molecule has 0 fully saturated rings. The first-order valence-electron chi connectivity index (χ1n) is 4.98. The second-order valence-electron chi connectivity index (χ2n) is 3.28. The third-order valence-corrected chi connectivity index (χ3v) is 1.64. The number of amides is 3. The summed E-state index contributed by atoms with van der Waals surface area (Å²) in [4.78, 5) is 32.4. The average Bonchev–Trinajstić information content (AvgIpc) is 2.13. The van der Waals surface area contributed by atoms with Gasteiger partial charge in [-0.25, -0.2) is 4.79 Å². The molecule has 1 atom stereocenters. The van der Waals surface area contributed by atoms with Crippen LogP contribution in [0.1, 0.15) is 20.3 Å². The Morgan fingerprint density at radius 1 is 1.25 bits per heavy atom. The van der Waals surface area contributed by atoms with Crippen molar-refractivity contribution in [2.75, 3.05) is 13.1 Å². The fraction of sp³-hybridized carbons (Fsp3) is 0.667. The van der Waals surface area contributed by atoms with Crippen molar-refractivity contribution in [3.63, 3.8) is 0 Å². The van der Waals surface area contributed by atoms with Gasteiger partial charge in [0, 0.05) is 12.6 Å². The molecule has 0 aliphatic heterocycles. The highest BCUT2D eigenvalue weighted by atomic mass is 16.4. The summed E-state index contributed by atoms with van der Waals surface area (Å²) >= 11 is 0. The van der Waals surface area contributed by atoms with Crippen molar-refractivity contribution in [2.45, 2.75) is 26.3 Å². The van der Waals surface area contributed by atoms with Gasteiger partial charge in [-0.05, 0) is 13.8 Å². The first-order valence-corrected chi connectivity index (χ1v) is 4.98. The van der Waals surface area contributed by atoms with Crippen LogP contribution < -0.4 is 16.0 Å². The first kappa shape index (κ1) is 14.2. The summed E-state index contributed by atoms with van der Waals surface area (Å²) in [7, 11) is 0. The van der Waals surface area contributed by atoms with E-state index in [0.29, 0.717) is 6.54 Å². The van der Waals surface area contributed by atoms with Gasteiger partial charge in [-0.1, -0.05) is 0 Å². The molecular weight excluding hydrogens is 214 g/mol. The molecule has 0 saturated carbocycles. The van der Waals surface area contributed by atoms with Gasteiger partial charge in [0.25, 0.3) is 0 Å². The Balaban J connectivity index is 3.73. The van der Waals surface area contributed by atoms with Crippen LogP contribution >= 0.6 is 0 Å². The highest BCUT2D eigenvalue weighted by molar-refractivity contribution is 5.84. The van der Waals surface area contributed by atoms with Crippen LogP contribution in [0, 0.1) is 0 Å². The summed E-state index contributed by atoms with van der Waals surface area (Å²) in [5.41, 5.74) is 0. The SMILES string of the molecule is CCNC(=O)CNC(=O)NC(C)CC(=O)O. The normalized spacial score (nSPS) is 11.4. The lowest BCUT2D eigenvalue weighted by molar-refractivity contribution is -0.137. The molecule has 0 bridgehead atoms. The molecule has 7 nitrogen and oxygen atoms in total. The highest BCUT2D eigenvalue weighted by Crippen LogP contribution is 1.89. The Labute approximate surface area is 93.6 Å².